The molecule has 1 aromatic rings. The van der Waals surface area contributed by atoms with Crippen LogP contribution >= 0.6 is 15.9 Å². The van der Waals surface area contributed by atoms with Crippen LogP contribution in [-0.4, -0.2) is 17.5 Å². The number of rotatable bonds is 2. The van der Waals surface area contributed by atoms with Crippen LogP contribution in [-0.2, 0) is 11.3 Å². The van der Waals surface area contributed by atoms with E-state index in [2.05, 4.69) is 21.2 Å². The molecular formula is C9H11BrN2O2. The summed E-state index contributed by atoms with van der Waals surface area (Å²) in [6.07, 6.45) is 1.66. The maximum absolute atomic E-state index is 11.5. The zero-order chi connectivity index (χ0) is 10.7. The SMILES string of the molecule is CNC(=O)Cn1cc(C)cc(Br)c1=O. The minimum absolute atomic E-state index is 0.0512. The molecule has 0 aliphatic rings. The fourth-order valence-electron chi connectivity index (χ4n) is 1.09. The van der Waals surface area contributed by atoms with E-state index in [1.807, 2.05) is 6.92 Å². The molecule has 0 spiro atoms. The van der Waals surface area contributed by atoms with E-state index in [4.69, 9.17) is 0 Å². The summed E-state index contributed by atoms with van der Waals surface area (Å²) in [7, 11) is 1.54. The standard InChI is InChI=1S/C9H11BrN2O2/c1-6-3-7(10)9(14)12(4-6)5-8(13)11-2/h3-4H,5H2,1-2H3,(H,11,13). The topological polar surface area (TPSA) is 51.1 Å². The summed E-state index contributed by atoms with van der Waals surface area (Å²) in [5.74, 6) is -0.190. The van der Waals surface area contributed by atoms with Crippen LogP contribution in [0.25, 0.3) is 0 Å². The number of aromatic nitrogens is 1. The second kappa shape index (κ2) is 4.41. The van der Waals surface area contributed by atoms with Crippen molar-refractivity contribution in [2.24, 2.45) is 0 Å². The number of hydrogen-bond acceptors (Lipinski definition) is 2. The number of hydrogen-bond donors (Lipinski definition) is 1. The molecular weight excluding hydrogens is 248 g/mol. The third kappa shape index (κ3) is 2.45. The van der Waals surface area contributed by atoms with Crippen LogP contribution in [0.2, 0.25) is 0 Å². The average molecular weight is 259 g/mol. The lowest BCUT2D eigenvalue weighted by molar-refractivity contribution is -0.121. The fraction of sp³-hybridized carbons (Fsp3) is 0.333. The van der Waals surface area contributed by atoms with Crippen LogP contribution in [0.3, 0.4) is 0 Å². The van der Waals surface area contributed by atoms with Crippen molar-refractivity contribution in [3.63, 3.8) is 0 Å². The largest absolute Gasteiger partial charge is 0.358 e. The Morgan fingerprint density at radius 1 is 1.64 bits per heavy atom. The van der Waals surface area contributed by atoms with E-state index in [9.17, 15) is 9.59 Å². The molecule has 0 atom stereocenters. The van der Waals surface area contributed by atoms with Crippen molar-refractivity contribution < 1.29 is 4.79 Å². The molecule has 0 bridgehead atoms. The molecule has 1 aromatic heterocycles. The van der Waals surface area contributed by atoms with Gasteiger partial charge in [0.05, 0.1) is 4.47 Å². The Kier molecular flexibility index (Phi) is 3.46. The molecule has 1 heterocycles. The smallest absolute Gasteiger partial charge is 0.265 e. The molecule has 0 fully saturated rings. The minimum Gasteiger partial charge on any atom is -0.358 e. The summed E-state index contributed by atoms with van der Waals surface area (Å²) in [6, 6.07) is 1.72. The van der Waals surface area contributed by atoms with Gasteiger partial charge in [0.25, 0.3) is 5.56 Å². The van der Waals surface area contributed by atoms with Crippen molar-refractivity contribution in [1.82, 2.24) is 9.88 Å². The average Bonchev–Trinajstić information content (AvgIpc) is 2.13. The van der Waals surface area contributed by atoms with Gasteiger partial charge in [0, 0.05) is 13.2 Å². The number of carbonyl (C=O) groups excluding carboxylic acids is 1. The summed E-state index contributed by atoms with van der Waals surface area (Å²) in [5.41, 5.74) is 0.736. The lowest BCUT2D eigenvalue weighted by atomic mass is 10.3. The van der Waals surface area contributed by atoms with Crippen LogP contribution in [0.5, 0.6) is 0 Å². The summed E-state index contributed by atoms with van der Waals surface area (Å²) in [4.78, 5) is 22.6. The molecule has 0 unspecified atom stereocenters. The Labute approximate surface area is 90.1 Å². The first-order chi connectivity index (χ1) is 6.54. The highest BCUT2D eigenvalue weighted by Gasteiger charge is 2.05. The molecule has 0 radical (unpaired) electrons. The maximum atomic E-state index is 11.5. The van der Waals surface area contributed by atoms with Crippen molar-refractivity contribution in [2.45, 2.75) is 13.5 Å². The van der Waals surface area contributed by atoms with Gasteiger partial charge >= 0.3 is 0 Å². The molecule has 14 heavy (non-hydrogen) atoms. The molecule has 1 N–H and O–H groups in total. The van der Waals surface area contributed by atoms with Crippen molar-refractivity contribution >= 4 is 21.8 Å². The Hall–Kier alpha value is -1.10. The molecule has 0 saturated carbocycles. The van der Waals surface area contributed by atoms with Crippen molar-refractivity contribution in [3.8, 4) is 0 Å². The van der Waals surface area contributed by atoms with Crippen molar-refractivity contribution in [3.05, 3.63) is 32.7 Å². The molecule has 0 saturated heterocycles. The molecule has 0 aromatic carbocycles. The lowest BCUT2D eigenvalue weighted by Crippen LogP contribution is -2.30. The first kappa shape index (κ1) is 11.0. The number of halogens is 1. The molecule has 4 nitrogen and oxygen atoms in total. The number of aryl methyl sites for hydroxylation is 1. The van der Waals surface area contributed by atoms with E-state index >= 15 is 0 Å². The number of pyridine rings is 1. The third-order valence-corrected chi connectivity index (χ3v) is 2.34. The van der Waals surface area contributed by atoms with E-state index in [1.54, 1.807) is 12.3 Å². The number of carbonyl (C=O) groups is 1. The highest BCUT2D eigenvalue weighted by atomic mass is 79.9. The number of nitrogens with one attached hydrogen (secondary N) is 1. The zero-order valence-corrected chi connectivity index (χ0v) is 9.59. The molecule has 76 valence electrons. The molecule has 0 aliphatic carbocycles. The lowest BCUT2D eigenvalue weighted by Gasteiger charge is -2.06. The summed E-state index contributed by atoms with van der Waals surface area (Å²) < 4.78 is 1.85. The number of amides is 1. The van der Waals surface area contributed by atoms with Crippen LogP contribution in [0.1, 0.15) is 5.56 Å². The van der Waals surface area contributed by atoms with E-state index in [-0.39, 0.29) is 18.0 Å². The molecule has 5 heteroatoms. The van der Waals surface area contributed by atoms with Crippen LogP contribution in [0.15, 0.2) is 21.5 Å². The number of nitrogens with zero attached hydrogens (tertiary/aromatic N) is 1. The van der Waals surface area contributed by atoms with Gasteiger partial charge in [-0.05, 0) is 34.5 Å². The van der Waals surface area contributed by atoms with Gasteiger partial charge in [0.1, 0.15) is 6.54 Å². The van der Waals surface area contributed by atoms with Gasteiger partial charge in [-0.2, -0.15) is 0 Å². The normalized spacial score (nSPS) is 9.93. The van der Waals surface area contributed by atoms with Crippen LogP contribution < -0.4 is 10.9 Å². The van der Waals surface area contributed by atoms with E-state index in [0.29, 0.717) is 4.47 Å². The zero-order valence-electron chi connectivity index (χ0n) is 8.00. The Balaban J connectivity index is 3.09. The summed E-state index contributed by atoms with van der Waals surface area (Å²) >= 11 is 3.14. The second-order valence-corrected chi connectivity index (χ2v) is 3.83. The monoisotopic (exact) mass is 258 g/mol. The van der Waals surface area contributed by atoms with Crippen molar-refractivity contribution in [2.75, 3.05) is 7.05 Å². The van der Waals surface area contributed by atoms with Gasteiger partial charge in [-0.25, -0.2) is 0 Å². The van der Waals surface area contributed by atoms with Gasteiger partial charge in [-0.1, -0.05) is 0 Å². The quantitative estimate of drug-likeness (QED) is 0.848. The van der Waals surface area contributed by atoms with Gasteiger partial charge in [0.15, 0.2) is 0 Å². The first-order valence-corrected chi connectivity index (χ1v) is 4.91. The Morgan fingerprint density at radius 3 is 2.86 bits per heavy atom. The van der Waals surface area contributed by atoms with E-state index < -0.39 is 0 Å². The van der Waals surface area contributed by atoms with E-state index in [0.717, 1.165) is 5.56 Å². The third-order valence-electron chi connectivity index (χ3n) is 1.77. The Bertz CT molecular complexity index is 412. The first-order valence-electron chi connectivity index (χ1n) is 4.11. The fourth-order valence-corrected chi connectivity index (χ4v) is 1.68. The van der Waals surface area contributed by atoms with Gasteiger partial charge in [-0.3, -0.25) is 9.59 Å². The van der Waals surface area contributed by atoms with Gasteiger partial charge < -0.3 is 9.88 Å². The van der Waals surface area contributed by atoms with Gasteiger partial charge in [-0.15, -0.1) is 0 Å². The highest BCUT2D eigenvalue weighted by molar-refractivity contribution is 9.10. The van der Waals surface area contributed by atoms with Crippen molar-refractivity contribution in [1.29, 1.82) is 0 Å². The highest BCUT2D eigenvalue weighted by Crippen LogP contribution is 2.05. The molecule has 0 aliphatic heterocycles. The van der Waals surface area contributed by atoms with E-state index in [1.165, 1.54) is 11.6 Å². The maximum Gasteiger partial charge on any atom is 0.265 e. The predicted molar refractivity (Wildman–Crippen MR) is 57.2 cm³/mol. The van der Waals surface area contributed by atoms with Crippen LogP contribution in [0.4, 0.5) is 0 Å². The summed E-state index contributed by atoms with van der Waals surface area (Å²) in [5, 5.41) is 2.47. The van der Waals surface area contributed by atoms with Gasteiger partial charge in [0.2, 0.25) is 5.91 Å². The Morgan fingerprint density at radius 2 is 2.29 bits per heavy atom. The second-order valence-electron chi connectivity index (χ2n) is 2.97. The summed E-state index contributed by atoms with van der Waals surface area (Å²) in [6.45, 7) is 1.92. The molecule has 1 amide bonds. The predicted octanol–water partition coefficient (Wildman–Crippen LogP) is 0.665. The van der Waals surface area contributed by atoms with Crippen LogP contribution in [0, 0.1) is 6.92 Å². The minimum atomic E-state index is -0.195. The molecule has 1 rings (SSSR count). The number of likely N-dealkylation sites (N-methyl/N-ethyl adjacent to an activating group) is 1.